The number of hydrogen-bond acceptors (Lipinski definition) is 9. The Bertz CT molecular complexity index is 936. The molecule has 2 atom stereocenters. The third-order valence-corrected chi connectivity index (χ3v) is 3.59. The summed E-state index contributed by atoms with van der Waals surface area (Å²) in [5.74, 6) is -2.14. The Morgan fingerprint density at radius 3 is 2.71 bits per heavy atom. The van der Waals surface area contributed by atoms with Gasteiger partial charge in [-0.25, -0.2) is 9.97 Å². The smallest absolute Gasteiger partial charge is 0.254 e. The molecule has 3 heterocycles. The molecule has 0 bridgehead atoms. The van der Waals surface area contributed by atoms with E-state index in [0.29, 0.717) is 0 Å². The average Bonchev–Trinajstić information content (AvgIpc) is 2.83. The zero-order valence-corrected chi connectivity index (χ0v) is 12.1. The van der Waals surface area contributed by atoms with E-state index in [1.807, 2.05) is 0 Å². The van der Waals surface area contributed by atoms with E-state index in [-0.39, 0.29) is 22.7 Å². The van der Waals surface area contributed by atoms with Gasteiger partial charge < -0.3 is 31.5 Å². The number of ether oxygens (including phenoxy) is 1. The van der Waals surface area contributed by atoms with Crippen LogP contribution in [0.15, 0.2) is 23.1 Å². The van der Waals surface area contributed by atoms with Crippen molar-refractivity contribution in [2.24, 2.45) is 5.73 Å². The zero-order valence-electron chi connectivity index (χ0n) is 12.1. The number of rotatable bonds is 3. The molecule has 11 nitrogen and oxygen atoms in total. The number of hydrogen-bond donors (Lipinski definition) is 5. The first-order valence-corrected chi connectivity index (χ1v) is 6.71. The Balaban J connectivity index is 2.37. The van der Waals surface area contributed by atoms with E-state index in [0.717, 1.165) is 17.1 Å². The van der Waals surface area contributed by atoms with E-state index in [1.54, 1.807) is 0 Å². The molecule has 0 unspecified atom stereocenters. The van der Waals surface area contributed by atoms with Gasteiger partial charge in [-0.3, -0.25) is 14.2 Å². The fourth-order valence-corrected chi connectivity index (χ4v) is 2.39. The molecule has 11 heteroatoms. The predicted molar refractivity (Wildman–Crippen MR) is 80.5 cm³/mol. The van der Waals surface area contributed by atoms with Gasteiger partial charge in [-0.15, -0.1) is 0 Å². The fraction of sp³-hybridized carbons (Fsp3) is 0.231. The van der Waals surface area contributed by atoms with Crippen molar-refractivity contribution >= 4 is 28.6 Å². The minimum Gasteiger partial charge on any atom is -0.505 e. The number of amides is 1. The summed E-state index contributed by atoms with van der Waals surface area (Å²) in [6, 6.07) is 0. The van der Waals surface area contributed by atoms with Crippen molar-refractivity contribution in [2.45, 2.75) is 12.2 Å². The number of anilines is 1. The molecule has 7 N–H and O–H groups in total. The Kier molecular flexibility index (Phi) is 3.58. The van der Waals surface area contributed by atoms with Gasteiger partial charge in [0.1, 0.15) is 23.1 Å². The molecule has 126 valence electrons. The van der Waals surface area contributed by atoms with Gasteiger partial charge in [0.05, 0.1) is 6.61 Å². The summed E-state index contributed by atoms with van der Waals surface area (Å²) in [6.45, 7) is -0.577. The Morgan fingerprint density at radius 2 is 2.12 bits per heavy atom. The quantitative estimate of drug-likeness (QED) is 0.419. The lowest BCUT2D eigenvalue weighted by Crippen LogP contribution is -2.27. The number of nitrogen functional groups attached to an aromatic ring is 1. The molecule has 0 saturated carbocycles. The van der Waals surface area contributed by atoms with Crippen LogP contribution in [0.1, 0.15) is 10.4 Å². The van der Waals surface area contributed by atoms with Gasteiger partial charge in [0, 0.05) is 6.20 Å². The molecule has 0 saturated heterocycles. The average molecular weight is 335 g/mol. The number of pyridine rings is 1. The lowest BCUT2D eigenvalue weighted by Gasteiger charge is -2.15. The van der Waals surface area contributed by atoms with Gasteiger partial charge in [-0.05, 0) is 0 Å². The summed E-state index contributed by atoms with van der Waals surface area (Å²) in [7, 11) is 0. The minimum atomic E-state index is -1.49. The van der Waals surface area contributed by atoms with Crippen molar-refractivity contribution in [3.63, 3.8) is 0 Å². The van der Waals surface area contributed by atoms with Crippen LogP contribution in [0.2, 0.25) is 0 Å². The number of aliphatic hydroxyl groups excluding tert-OH is 3. The number of carbonyl (C=O) groups excluding carboxylic acids is 1. The maximum atomic E-state index is 12.3. The topological polar surface area (TPSA) is 187 Å². The molecule has 1 aliphatic rings. The Hall–Kier alpha value is -3.18. The molecule has 2 aromatic heterocycles. The summed E-state index contributed by atoms with van der Waals surface area (Å²) >= 11 is 0. The van der Waals surface area contributed by atoms with E-state index in [2.05, 4.69) is 9.97 Å². The summed E-state index contributed by atoms with van der Waals surface area (Å²) < 4.78 is 6.33. The lowest BCUT2D eigenvalue weighted by molar-refractivity contribution is 0.0140. The highest BCUT2D eigenvalue weighted by molar-refractivity contribution is 5.98. The van der Waals surface area contributed by atoms with E-state index in [9.17, 15) is 19.8 Å². The van der Waals surface area contributed by atoms with Crippen LogP contribution in [0.4, 0.5) is 5.82 Å². The van der Waals surface area contributed by atoms with Crippen LogP contribution in [0.3, 0.4) is 0 Å². The molecule has 1 aliphatic heterocycles. The second-order valence-electron chi connectivity index (χ2n) is 5.04. The summed E-state index contributed by atoms with van der Waals surface area (Å²) in [6.07, 6.45) is -0.525. The van der Waals surface area contributed by atoms with Gasteiger partial charge in [0.15, 0.2) is 23.6 Å². The minimum absolute atomic E-state index is 0.0650. The highest BCUT2D eigenvalue weighted by atomic mass is 16.5. The Labute approximate surface area is 133 Å². The molecule has 24 heavy (non-hydrogen) atoms. The molecule has 0 aliphatic carbocycles. The molecule has 0 aromatic carbocycles. The van der Waals surface area contributed by atoms with Gasteiger partial charge in [-0.2, -0.15) is 0 Å². The van der Waals surface area contributed by atoms with E-state index in [4.69, 9.17) is 21.3 Å². The van der Waals surface area contributed by atoms with E-state index < -0.39 is 41.5 Å². The second kappa shape index (κ2) is 5.47. The number of nitrogens with two attached hydrogens (primary N) is 2. The van der Waals surface area contributed by atoms with Crippen molar-refractivity contribution in [1.82, 2.24) is 14.5 Å². The van der Waals surface area contributed by atoms with Crippen molar-refractivity contribution in [1.29, 1.82) is 0 Å². The van der Waals surface area contributed by atoms with E-state index in [1.165, 1.54) is 0 Å². The van der Waals surface area contributed by atoms with Crippen LogP contribution < -0.4 is 16.9 Å². The van der Waals surface area contributed by atoms with Gasteiger partial charge in [0.2, 0.25) is 11.3 Å². The molecule has 0 spiro atoms. The third kappa shape index (κ3) is 2.14. The fourth-order valence-electron chi connectivity index (χ4n) is 2.39. The zero-order chi connectivity index (χ0) is 17.6. The largest absolute Gasteiger partial charge is 0.505 e. The standard InChI is InChI=1S/C13H13N5O6/c14-10-6-7(20)4(11(15)23)1-18(12(6)17-3-16-10)13-9(22)8(21)5(2-19)24-13/h1,3,5,8,19,21-22H,2H2,(H2,15,23)(H2,14,16,17)/t5-,8-/m1/s1. The number of primary amides is 1. The number of fused-ring (bicyclic) bond motifs is 1. The number of nitrogens with zero attached hydrogens (tertiary/aromatic N) is 3. The third-order valence-electron chi connectivity index (χ3n) is 3.59. The van der Waals surface area contributed by atoms with Crippen LogP contribution >= 0.6 is 0 Å². The van der Waals surface area contributed by atoms with Gasteiger partial charge in [-0.1, -0.05) is 0 Å². The molecule has 3 rings (SSSR count). The van der Waals surface area contributed by atoms with Gasteiger partial charge in [0.25, 0.3) is 5.91 Å². The highest BCUT2D eigenvalue weighted by Gasteiger charge is 2.37. The number of aromatic nitrogens is 3. The number of aliphatic hydroxyl groups is 3. The summed E-state index contributed by atoms with van der Waals surface area (Å²) in [5.41, 5.74) is 9.61. The van der Waals surface area contributed by atoms with Crippen molar-refractivity contribution in [3.05, 3.63) is 34.1 Å². The molecule has 0 fully saturated rings. The van der Waals surface area contributed by atoms with Crippen LogP contribution in [0.5, 0.6) is 0 Å². The molecule has 1 amide bonds. The van der Waals surface area contributed by atoms with Gasteiger partial charge >= 0.3 is 0 Å². The van der Waals surface area contributed by atoms with Crippen molar-refractivity contribution in [2.75, 3.05) is 12.3 Å². The summed E-state index contributed by atoms with van der Waals surface area (Å²) in [4.78, 5) is 31.5. The van der Waals surface area contributed by atoms with Crippen LogP contribution in [0, 0.1) is 0 Å². The van der Waals surface area contributed by atoms with Crippen molar-refractivity contribution in [3.8, 4) is 0 Å². The van der Waals surface area contributed by atoms with Crippen molar-refractivity contribution < 1.29 is 24.9 Å². The van der Waals surface area contributed by atoms with Crippen LogP contribution in [0.25, 0.3) is 16.9 Å². The normalized spacial score (nSPS) is 20.4. The maximum absolute atomic E-state index is 12.3. The van der Waals surface area contributed by atoms with E-state index >= 15 is 0 Å². The predicted octanol–water partition coefficient (Wildman–Crippen LogP) is -2.09. The Morgan fingerprint density at radius 1 is 1.42 bits per heavy atom. The number of carbonyl (C=O) groups is 1. The monoisotopic (exact) mass is 335 g/mol. The molecular weight excluding hydrogens is 322 g/mol. The highest BCUT2D eigenvalue weighted by Crippen LogP contribution is 2.29. The van der Waals surface area contributed by atoms with Crippen LogP contribution in [-0.4, -0.2) is 54.6 Å². The second-order valence-corrected chi connectivity index (χ2v) is 5.04. The van der Waals surface area contributed by atoms with Crippen LogP contribution in [-0.2, 0) is 4.74 Å². The lowest BCUT2D eigenvalue weighted by atomic mass is 10.2. The SMILES string of the molecule is NC(=O)c1cn(C2=C(O)[C@H](O)[C@@H](CO)O2)c2ncnc(N)c2c1=O. The summed E-state index contributed by atoms with van der Waals surface area (Å²) in [5, 5.41) is 28.8. The first-order chi connectivity index (χ1) is 11.4. The molecule has 2 aromatic rings. The molecular formula is C13H13N5O6. The molecule has 0 radical (unpaired) electrons. The maximum Gasteiger partial charge on any atom is 0.254 e. The first kappa shape index (κ1) is 15.7. The first-order valence-electron chi connectivity index (χ1n) is 6.71.